The summed E-state index contributed by atoms with van der Waals surface area (Å²) in [5.74, 6) is 0.698. The van der Waals surface area contributed by atoms with Crippen molar-refractivity contribution in [3.8, 4) is 5.75 Å². The highest BCUT2D eigenvalue weighted by Crippen LogP contribution is 2.58. The van der Waals surface area contributed by atoms with Crippen LogP contribution >= 0.6 is 0 Å². The SMILES string of the molecule is C[C@@]12CC[C@@H](C[C@@H]1C(=O)NCc1ccncc1)[C@]1(C2)NC(=O)c2ccccc2O1. The van der Waals surface area contributed by atoms with Crippen molar-refractivity contribution in [3.63, 3.8) is 0 Å². The van der Waals surface area contributed by atoms with E-state index in [0.29, 0.717) is 24.3 Å². The summed E-state index contributed by atoms with van der Waals surface area (Å²) in [4.78, 5) is 29.8. The molecule has 4 aliphatic rings. The molecule has 0 radical (unpaired) electrons. The number of ether oxygens (including phenoxy) is 1. The minimum absolute atomic E-state index is 0.0774. The molecule has 4 atom stereocenters. The molecule has 3 fully saturated rings. The fourth-order valence-corrected chi connectivity index (χ4v) is 5.47. The third-order valence-electron chi connectivity index (χ3n) is 7.03. The summed E-state index contributed by atoms with van der Waals surface area (Å²) in [6.07, 6.45) is 6.76. The molecule has 1 aromatic heterocycles. The van der Waals surface area contributed by atoms with Crippen LogP contribution in [0.5, 0.6) is 5.75 Å². The maximum absolute atomic E-state index is 13.0. The van der Waals surface area contributed by atoms with Gasteiger partial charge in [-0.3, -0.25) is 14.6 Å². The maximum atomic E-state index is 13.0. The quantitative estimate of drug-likeness (QED) is 0.843. The summed E-state index contributed by atoms with van der Waals surface area (Å²) in [7, 11) is 0. The average molecular weight is 391 g/mol. The molecule has 6 rings (SSSR count). The van der Waals surface area contributed by atoms with Crippen molar-refractivity contribution in [1.29, 1.82) is 0 Å². The molecule has 2 amide bonds. The number of amides is 2. The highest BCUT2D eigenvalue weighted by molar-refractivity contribution is 5.98. The highest BCUT2D eigenvalue weighted by Gasteiger charge is 2.61. The van der Waals surface area contributed by atoms with Gasteiger partial charge in [-0.1, -0.05) is 19.1 Å². The van der Waals surface area contributed by atoms with Crippen LogP contribution in [0, 0.1) is 17.3 Å². The summed E-state index contributed by atoms with van der Waals surface area (Å²) in [6.45, 7) is 2.67. The molecular weight excluding hydrogens is 366 g/mol. The van der Waals surface area contributed by atoms with Crippen molar-refractivity contribution in [3.05, 3.63) is 59.9 Å². The second kappa shape index (κ2) is 6.58. The second-order valence-corrected chi connectivity index (χ2v) is 8.87. The minimum atomic E-state index is -0.708. The van der Waals surface area contributed by atoms with Crippen LogP contribution in [0.4, 0.5) is 0 Å². The monoisotopic (exact) mass is 391 g/mol. The molecule has 0 saturated heterocycles. The molecule has 29 heavy (non-hydrogen) atoms. The molecule has 150 valence electrons. The number of aromatic nitrogens is 1. The molecule has 1 spiro atoms. The molecular formula is C23H25N3O3. The van der Waals surface area contributed by atoms with E-state index in [1.54, 1.807) is 18.5 Å². The number of rotatable bonds is 3. The van der Waals surface area contributed by atoms with Crippen LogP contribution in [0.3, 0.4) is 0 Å². The van der Waals surface area contributed by atoms with Gasteiger partial charge in [-0.2, -0.15) is 0 Å². The fraction of sp³-hybridized carbons (Fsp3) is 0.435. The molecule has 3 aliphatic carbocycles. The first-order chi connectivity index (χ1) is 14.0. The summed E-state index contributed by atoms with van der Waals surface area (Å²) in [5.41, 5.74) is 0.698. The van der Waals surface area contributed by atoms with Gasteiger partial charge in [0.05, 0.1) is 5.56 Å². The number of hydrogen-bond donors (Lipinski definition) is 2. The van der Waals surface area contributed by atoms with Gasteiger partial charge in [-0.25, -0.2) is 0 Å². The Morgan fingerprint density at radius 3 is 2.86 bits per heavy atom. The Labute approximate surface area is 170 Å². The molecule has 2 bridgehead atoms. The van der Waals surface area contributed by atoms with Crippen molar-refractivity contribution in [1.82, 2.24) is 15.6 Å². The molecule has 2 heterocycles. The lowest BCUT2D eigenvalue weighted by atomic mass is 9.52. The number of pyridine rings is 1. The molecule has 1 aromatic carbocycles. The van der Waals surface area contributed by atoms with Gasteiger partial charge in [0.15, 0.2) is 5.72 Å². The third-order valence-corrected chi connectivity index (χ3v) is 7.03. The fourth-order valence-electron chi connectivity index (χ4n) is 5.47. The molecule has 6 nitrogen and oxygen atoms in total. The summed E-state index contributed by atoms with van der Waals surface area (Å²) in [5, 5.41) is 6.26. The molecule has 2 N–H and O–H groups in total. The van der Waals surface area contributed by atoms with Crippen LogP contribution in [0.25, 0.3) is 0 Å². The van der Waals surface area contributed by atoms with Crippen LogP contribution in [-0.4, -0.2) is 22.5 Å². The van der Waals surface area contributed by atoms with Crippen molar-refractivity contribution in [2.45, 2.75) is 44.9 Å². The van der Waals surface area contributed by atoms with Crippen molar-refractivity contribution in [2.75, 3.05) is 0 Å². The number of para-hydroxylation sites is 1. The van der Waals surface area contributed by atoms with E-state index < -0.39 is 5.72 Å². The minimum Gasteiger partial charge on any atom is -0.467 e. The first kappa shape index (κ1) is 18.2. The lowest BCUT2D eigenvalue weighted by molar-refractivity contribution is -0.167. The van der Waals surface area contributed by atoms with E-state index in [9.17, 15) is 9.59 Å². The zero-order valence-corrected chi connectivity index (χ0v) is 16.5. The van der Waals surface area contributed by atoms with Gasteiger partial charge in [0.2, 0.25) is 5.91 Å². The van der Waals surface area contributed by atoms with Gasteiger partial charge < -0.3 is 15.4 Å². The van der Waals surface area contributed by atoms with Gasteiger partial charge in [0.25, 0.3) is 5.91 Å². The van der Waals surface area contributed by atoms with Gasteiger partial charge in [0, 0.05) is 37.2 Å². The largest absolute Gasteiger partial charge is 0.467 e. The maximum Gasteiger partial charge on any atom is 0.258 e. The smallest absolute Gasteiger partial charge is 0.258 e. The Morgan fingerprint density at radius 2 is 2.07 bits per heavy atom. The number of fused-ring (bicyclic) bond motifs is 3. The van der Waals surface area contributed by atoms with E-state index in [1.165, 1.54) is 0 Å². The standard InChI is InChI=1S/C23H25N3O3/c1-22-9-6-16(12-18(22)21(28)25-13-15-7-10-24-11-8-15)23(14-22)26-20(27)17-4-2-3-5-19(17)29-23/h2-5,7-8,10-11,16,18H,6,9,12-14H2,1H3,(H,25,28)(H,26,27)/t16-,18+,22-,23+/m0/s1. The Bertz CT molecular complexity index is 963. The Balaban J connectivity index is 1.35. The lowest BCUT2D eigenvalue weighted by Gasteiger charge is -2.59. The first-order valence-electron chi connectivity index (χ1n) is 10.3. The van der Waals surface area contributed by atoms with Crippen LogP contribution in [0.2, 0.25) is 0 Å². The second-order valence-electron chi connectivity index (χ2n) is 8.87. The lowest BCUT2D eigenvalue weighted by Crippen LogP contribution is -2.69. The zero-order chi connectivity index (χ0) is 20.1. The number of benzene rings is 1. The van der Waals surface area contributed by atoms with Crippen LogP contribution in [-0.2, 0) is 11.3 Å². The van der Waals surface area contributed by atoms with E-state index in [4.69, 9.17) is 4.74 Å². The van der Waals surface area contributed by atoms with E-state index >= 15 is 0 Å². The van der Waals surface area contributed by atoms with Crippen molar-refractivity contribution in [2.24, 2.45) is 17.3 Å². The Hall–Kier alpha value is -2.89. The first-order valence-corrected chi connectivity index (χ1v) is 10.3. The topological polar surface area (TPSA) is 80.3 Å². The molecule has 6 heteroatoms. The predicted octanol–water partition coefficient (Wildman–Crippen LogP) is 3.04. The Kier molecular flexibility index (Phi) is 4.12. The summed E-state index contributed by atoms with van der Waals surface area (Å²) in [6, 6.07) is 11.2. The normalized spacial score (nSPS) is 32.2. The number of nitrogens with one attached hydrogen (secondary N) is 2. The van der Waals surface area contributed by atoms with E-state index in [2.05, 4.69) is 22.5 Å². The van der Waals surface area contributed by atoms with Crippen LogP contribution in [0.15, 0.2) is 48.8 Å². The van der Waals surface area contributed by atoms with Gasteiger partial charge in [0.1, 0.15) is 5.75 Å². The number of hydrogen-bond acceptors (Lipinski definition) is 4. The molecule has 3 saturated carbocycles. The van der Waals surface area contributed by atoms with Crippen molar-refractivity contribution < 1.29 is 14.3 Å². The zero-order valence-electron chi connectivity index (χ0n) is 16.5. The number of carbonyl (C=O) groups is 2. The number of carbonyl (C=O) groups excluding carboxylic acids is 2. The average Bonchev–Trinajstić information content (AvgIpc) is 2.72. The number of nitrogens with zero attached hydrogens (tertiary/aromatic N) is 1. The van der Waals surface area contributed by atoms with Gasteiger partial charge in [-0.05, 0) is 54.5 Å². The van der Waals surface area contributed by atoms with Crippen LogP contribution < -0.4 is 15.4 Å². The molecule has 2 aromatic rings. The van der Waals surface area contributed by atoms with E-state index in [-0.39, 0.29) is 29.1 Å². The Morgan fingerprint density at radius 1 is 1.28 bits per heavy atom. The third kappa shape index (κ3) is 2.98. The predicted molar refractivity (Wildman–Crippen MR) is 107 cm³/mol. The summed E-state index contributed by atoms with van der Waals surface area (Å²) >= 11 is 0. The van der Waals surface area contributed by atoms with Gasteiger partial charge >= 0.3 is 0 Å². The van der Waals surface area contributed by atoms with Gasteiger partial charge in [-0.15, -0.1) is 0 Å². The summed E-state index contributed by atoms with van der Waals surface area (Å²) < 4.78 is 6.42. The van der Waals surface area contributed by atoms with E-state index in [1.807, 2.05) is 30.3 Å². The molecule has 0 unspecified atom stereocenters. The highest BCUT2D eigenvalue weighted by atomic mass is 16.5. The van der Waals surface area contributed by atoms with Crippen LogP contribution in [0.1, 0.15) is 48.5 Å². The van der Waals surface area contributed by atoms with Crippen molar-refractivity contribution >= 4 is 11.8 Å². The van der Waals surface area contributed by atoms with E-state index in [0.717, 1.165) is 24.8 Å². The molecule has 1 aliphatic heterocycles.